The lowest BCUT2D eigenvalue weighted by atomic mass is 9.99. The summed E-state index contributed by atoms with van der Waals surface area (Å²) in [5, 5.41) is 56.5. The lowest BCUT2D eigenvalue weighted by Gasteiger charge is -2.41. The van der Waals surface area contributed by atoms with Crippen LogP contribution in [0.2, 0.25) is 0 Å². The Morgan fingerprint density at radius 3 is 1.68 bits per heavy atom. The highest BCUT2D eigenvalue weighted by Gasteiger charge is 2.47. The summed E-state index contributed by atoms with van der Waals surface area (Å²) in [6, 6.07) is -1.07. The molecule has 1 rings (SSSR count). The Morgan fingerprint density at radius 2 is 1.10 bits per heavy atom. The molecule has 1 amide bonds. The van der Waals surface area contributed by atoms with Crippen LogP contribution in [0.1, 0.15) is 194 Å². The summed E-state index contributed by atoms with van der Waals surface area (Å²) < 4.78 is 17.5. The van der Waals surface area contributed by atoms with Crippen LogP contribution in [0.3, 0.4) is 0 Å². The summed E-state index contributed by atoms with van der Waals surface area (Å²) in [6.45, 7) is 5.54. The minimum Gasteiger partial charge on any atom is -0.454 e. The highest BCUT2D eigenvalue weighted by Crippen LogP contribution is 2.26. The van der Waals surface area contributed by atoms with E-state index in [0.29, 0.717) is 12.8 Å². The van der Waals surface area contributed by atoms with Crippen molar-refractivity contribution in [1.82, 2.24) is 5.32 Å². The Morgan fingerprint density at radius 1 is 0.594 bits per heavy atom. The van der Waals surface area contributed by atoms with Crippen molar-refractivity contribution >= 4 is 11.9 Å². The first-order chi connectivity index (χ1) is 33.7. The van der Waals surface area contributed by atoms with E-state index in [1.54, 1.807) is 12.2 Å². The molecule has 1 heterocycles. The zero-order valence-electron chi connectivity index (χ0n) is 43.1. The van der Waals surface area contributed by atoms with Crippen molar-refractivity contribution < 1.29 is 49.3 Å². The molecule has 1 aliphatic heterocycles. The third-order valence-electron chi connectivity index (χ3n) is 12.1. The number of ether oxygens (including phenoxy) is 3. The molecule has 6 N–H and O–H groups in total. The average molecular weight is 968 g/mol. The number of aliphatic hydroxyl groups excluding tert-OH is 5. The number of aliphatic hydroxyl groups is 5. The van der Waals surface area contributed by atoms with E-state index in [4.69, 9.17) is 14.2 Å². The molecule has 0 spiro atoms. The van der Waals surface area contributed by atoms with Crippen molar-refractivity contribution in [2.24, 2.45) is 0 Å². The van der Waals surface area contributed by atoms with E-state index in [-0.39, 0.29) is 19.4 Å². The molecule has 1 fully saturated rings. The number of carbonyl (C=O) groups is 2. The Balaban J connectivity index is 2.84. The van der Waals surface area contributed by atoms with Gasteiger partial charge in [0.05, 0.1) is 25.4 Å². The molecule has 394 valence electrons. The van der Waals surface area contributed by atoms with Gasteiger partial charge in [-0.1, -0.05) is 221 Å². The topological polar surface area (TPSA) is 175 Å². The predicted octanol–water partition coefficient (Wildman–Crippen LogP) is 11.6. The second-order valence-electron chi connectivity index (χ2n) is 18.4. The molecule has 8 atom stereocenters. The third kappa shape index (κ3) is 34.5. The minimum absolute atomic E-state index is 0.0635. The molecular formula is C58H97NO10. The number of hydrogen-bond donors (Lipinski definition) is 6. The van der Waals surface area contributed by atoms with Crippen LogP contribution in [0.4, 0.5) is 0 Å². The standard InChI is InChI=1S/C58H97NO10/c1-4-7-10-13-16-19-22-25-26-28-31-34-37-40-43-46-53(63)69-56-55(65)54(64)52(47-60)68-58(56)67-48-49(50(61)44-41-38-35-32-30-27-23-20-17-14-11-8-5-2)59-57(66)51(62)45-42-39-36-33-29-24-21-18-15-12-9-6-3/h7,10,13,16,19,22,25-26,28-29,31,33,39,41-42,44,49-52,54-56,58,60-62,64-65H,4-6,8-9,11-12,14-15,17-18,20-21,23-24,27,30,32,34-38,40,43,45-48H2,1-3H3,(H,59,66)/b10-7+,16-13+,22-19-,26-25-,31-28+,33-29-,42-39+,44-41+. The molecule has 11 heteroatoms. The van der Waals surface area contributed by atoms with Crippen LogP contribution in [-0.2, 0) is 23.8 Å². The maximum Gasteiger partial charge on any atom is 0.306 e. The van der Waals surface area contributed by atoms with E-state index in [1.807, 2.05) is 60.8 Å². The summed E-state index contributed by atoms with van der Waals surface area (Å²) in [7, 11) is 0. The van der Waals surface area contributed by atoms with E-state index < -0.39 is 67.4 Å². The molecule has 0 aromatic heterocycles. The Bertz CT molecular complexity index is 1480. The Hall–Kier alpha value is -3.42. The van der Waals surface area contributed by atoms with Crippen molar-refractivity contribution in [3.8, 4) is 0 Å². The van der Waals surface area contributed by atoms with E-state index in [0.717, 1.165) is 57.8 Å². The van der Waals surface area contributed by atoms with Crippen molar-refractivity contribution in [1.29, 1.82) is 0 Å². The lowest BCUT2D eigenvalue weighted by molar-refractivity contribution is -0.305. The van der Waals surface area contributed by atoms with Crippen LogP contribution < -0.4 is 5.32 Å². The maximum absolute atomic E-state index is 13.3. The summed E-state index contributed by atoms with van der Waals surface area (Å²) in [4.78, 5) is 26.3. The van der Waals surface area contributed by atoms with Gasteiger partial charge < -0.3 is 45.1 Å². The zero-order valence-corrected chi connectivity index (χ0v) is 43.1. The van der Waals surface area contributed by atoms with Gasteiger partial charge in [-0.05, 0) is 57.8 Å². The molecule has 1 aliphatic rings. The first-order valence-corrected chi connectivity index (χ1v) is 27.1. The van der Waals surface area contributed by atoms with Crippen LogP contribution in [-0.4, -0.2) is 99.6 Å². The largest absolute Gasteiger partial charge is 0.454 e. The normalized spacial score (nSPS) is 20.6. The van der Waals surface area contributed by atoms with Gasteiger partial charge in [0.1, 0.15) is 24.4 Å². The fourth-order valence-electron chi connectivity index (χ4n) is 7.77. The molecule has 8 unspecified atom stereocenters. The lowest BCUT2D eigenvalue weighted by Crippen LogP contribution is -2.61. The van der Waals surface area contributed by atoms with Crippen molar-refractivity contribution in [3.63, 3.8) is 0 Å². The number of amides is 1. The van der Waals surface area contributed by atoms with Gasteiger partial charge in [0.2, 0.25) is 5.91 Å². The number of rotatable bonds is 43. The summed E-state index contributed by atoms with van der Waals surface area (Å²) >= 11 is 0. The van der Waals surface area contributed by atoms with E-state index >= 15 is 0 Å². The van der Waals surface area contributed by atoms with Gasteiger partial charge in [0, 0.05) is 12.8 Å². The van der Waals surface area contributed by atoms with Gasteiger partial charge in [-0.15, -0.1) is 0 Å². The van der Waals surface area contributed by atoms with Gasteiger partial charge >= 0.3 is 5.97 Å². The fourth-order valence-corrected chi connectivity index (χ4v) is 7.77. The highest BCUT2D eigenvalue weighted by atomic mass is 16.7. The number of carbonyl (C=O) groups excluding carboxylic acids is 2. The van der Waals surface area contributed by atoms with Crippen molar-refractivity contribution in [3.05, 3.63) is 97.2 Å². The number of nitrogens with one attached hydrogen (secondary N) is 1. The fraction of sp³-hybridized carbons (Fsp3) is 0.690. The quantitative estimate of drug-likeness (QED) is 0.0149. The van der Waals surface area contributed by atoms with Crippen LogP contribution in [0.5, 0.6) is 0 Å². The van der Waals surface area contributed by atoms with Crippen LogP contribution >= 0.6 is 0 Å². The van der Waals surface area contributed by atoms with Crippen LogP contribution in [0, 0.1) is 0 Å². The molecule has 0 saturated carbocycles. The molecule has 0 aliphatic carbocycles. The number of allylic oxidation sites excluding steroid dienone is 14. The van der Waals surface area contributed by atoms with Crippen molar-refractivity contribution in [2.75, 3.05) is 13.2 Å². The monoisotopic (exact) mass is 968 g/mol. The van der Waals surface area contributed by atoms with Crippen molar-refractivity contribution in [2.45, 2.75) is 243 Å². The number of esters is 1. The molecular weight excluding hydrogens is 871 g/mol. The second kappa shape index (κ2) is 45.7. The van der Waals surface area contributed by atoms with E-state index in [9.17, 15) is 35.1 Å². The number of hydrogen-bond acceptors (Lipinski definition) is 10. The molecule has 1 saturated heterocycles. The molecule has 0 aromatic carbocycles. The summed E-state index contributed by atoms with van der Waals surface area (Å²) in [6.07, 6.45) is 49.0. The van der Waals surface area contributed by atoms with Crippen LogP contribution in [0.15, 0.2) is 97.2 Å². The molecule has 0 bridgehead atoms. The molecule has 69 heavy (non-hydrogen) atoms. The first-order valence-electron chi connectivity index (χ1n) is 27.1. The molecule has 11 nitrogen and oxygen atoms in total. The van der Waals surface area contributed by atoms with Gasteiger partial charge in [0.15, 0.2) is 12.4 Å². The van der Waals surface area contributed by atoms with E-state index in [2.05, 4.69) is 50.4 Å². The van der Waals surface area contributed by atoms with Gasteiger partial charge in [-0.2, -0.15) is 0 Å². The minimum atomic E-state index is -1.64. The maximum atomic E-state index is 13.3. The molecule has 0 aromatic rings. The third-order valence-corrected chi connectivity index (χ3v) is 12.1. The smallest absolute Gasteiger partial charge is 0.306 e. The van der Waals surface area contributed by atoms with Gasteiger partial charge in [-0.3, -0.25) is 9.59 Å². The zero-order chi connectivity index (χ0) is 50.4. The van der Waals surface area contributed by atoms with E-state index in [1.165, 1.54) is 89.9 Å². The SMILES string of the molecule is CC/C=C/C=C/C=C\C=C/C=C/CCCCCC(=O)OC1C(OCC(NC(=O)C(O)C/C=C/C/C=C\CCCCCCCC)C(O)/C=C/CCCCCCCCCCCCC)OC(CO)C(O)C1O. The van der Waals surface area contributed by atoms with Gasteiger partial charge in [0.25, 0.3) is 0 Å². The molecule has 0 radical (unpaired) electrons. The highest BCUT2D eigenvalue weighted by molar-refractivity contribution is 5.81. The van der Waals surface area contributed by atoms with Gasteiger partial charge in [-0.25, -0.2) is 0 Å². The predicted molar refractivity (Wildman–Crippen MR) is 282 cm³/mol. The summed E-state index contributed by atoms with van der Waals surface area (Å²) in [5.41, 5.74) is 0. The summed E-state index contributed by atoms with van der Waals surface area (Å²) in [5.74, 6) is -1.32. The van der Waals surface area contributed by atoms with Crippen LogP contribution in [0.25, 0.3) is 0 Å². The Labute approximate surface area is 418 Å². The second-order valence-corrected chi connectivity index (χ2v) is 18.4. The first kappa shape index (κ1) is 63.6. The Kier molecular flexibility index (Phi) is 42.1. The number of unbranched alkanes of at least 4 members (excludes halogenated alkanes) is 20. The average Bonchev–Trinajstić information content (AvgIpc) is 3.34.